The summed E-state index contributed by atoms with van der Waals surface area (Å²) in [5.74, 6) is 0. The minimum atomic E-state index is 0.689. The lowest BCUT2D eigenvalue weighted by molar-refractivity contribution is -0.104. The topological polar surface area (TPSA) is 29.4 Å². The molecule has 0 rings (SSSR count). The van der Waals surface area contributed by atoms with E-state index in [1.807, 2.05) is 0 Å². The Kier molecular flexibility index (Phi) is 6.41. The molecule has 0 aromatic heterocycles. The fourth-order valence-corrected chi connectivity index (χ4v) is 0.306. The van der Waals surface area contributed by atoms with Crippen LogP contribution < -0.4 is 0 Å². The van der Waals surface area contributed by atoms with Crippen LogP contribution in [0.4, 0.5) is 0 Å². The largest absolute Gasteiger partial charge is 0.299 e. The molecule has 0 atom stereocenters. The molecular formula is C6H6ClNO. The van der Waals surface area contributed by atoms with E-state index in [1.165, 1.54) is 12.3 Å². The van der Waals surface area contributed by atoms with Gasteiger partial charge in [-0.15, -0.1) is 0 Å². The van der Waals surface area contributed by atoms with E-state index < -0.39 is 0 Å². The fourth-order valence-electron chi connectivity index (χ4n) is 0.241. The summed E-state index contributed by atoms with van der Waals surface area (Å²) < 4.78 is 0. The standard InChI is InChI=1S/C6H6ClNO/c7-6-8-4-2-1-3-5-9/h1-6H/b3-1+,4-2-,8-6+. The molecule has 0 saturated heterocycles. The number of hydrogen-bond donors (Lipinski definition) is 0. The first-order valence-electron chi connectivity index (χ1n) is 2.30. The minimum absolute atomic E-state index is 0.689. The molecule has 2 nitrogen and oxygen atoms in total. The molecule has 0 heterocycles. The smallest absolute Gasteiger partial charge is 0.142 e. The van der Waals surface area contributed by atoms with E-state index in [-0.39, 0.29) is 0 Å². The third kappa shape index (κ3) is 7.11. The van der Waals surface area contributed by atoms with Crippen molar-refractivity contribution in [1.29, 1.82) is 0 Å². The molecule has 0 aliphatic rings. The Hall–Kier alpha value is -0.890. The van der Waals surface area contributed by atoms with Crippen LogP contribution in [0, 0.1) is 0 Å². The van der Waals surface area contributed by atoms with Crippen LogP contribution in [-0.2, 0) is 4.79 Å². The summed E-state index contributed by atoms with van der Waals surface area (Å²) in [6, 6.07) is 0. The number of aliphatic imine (C=N–C) groups is 1. The summed E-state index contributed by atoms with van der Waals surface area (Å²) in [5.41, 5.74) is 1.14. The van der Waals surface area contributed by atoms with Gasteiger partial charge in [-0.25, -0.2) is 0 Å². The van der Waals surface area contributed by atoms with E-state index in [1.54, 1.807) is 12.2 Å². The normalized spacial score (nSPS) is 12.1. The van der Waals surface area contributed by atoms with E-state index in [0.29, 0.717) is 6.29 Å². The van der Waals surface area contributed by atoms with Crippen molar-refractivity contribution >= 4 is 23.6 Å². The zero-order valence-electron chi connectivity index (χ0n) is 4.70. The van der Waals surface area contributed by atoms with E-state index in [2.05, 4.69) is 4.99 Å². The highest BCUT2D eigenvalue weighted by Crippen LogP contribution is 1.76. The Morgan fingerprint density at radius 2 is 2.00 bits per heavy atom. The van der Waals surface area contributed by atoms with Crippen molar-refractivity contribution in [2.24, 2.45) is 4.99 Å². The summed E-state index contributed by atoms with van der Waals surface area (Å²) in [6.45, 7) is 0. The number of nitrogens with zero attached hydrogens (tertiary/aromatic N) is 1. The summed E-state index contributed by atoms with van der Waals surface area (Å²) >= 11 is 5.08. The fraction of sp³-hybridized carbons (Fsp3) is 0. The molecular weight excluding hydrogens is 138 g/mol. The SMILES string of the molecule is O=C/C=C/C=C\N=C\Cl. The molecule has 48 valence electrons. The number of rotatable bonds is 3. The molecule has 0 N–H and O–H groups in total. The molecule has 0 spiro atoms. The Balaban J connectivity index is 3.46. The van der Waals surface area contributed by atoms with Gasteiger partial charge in [0.2, 0.25) is 0 Å². The number of allylic oxidation sites excluding steroid dienone is 3. The summed E-state index contributed by atoms with van der Waals surface area (Å²) in [6.07, 6.45) is 6.70. The molecule has 0 radical (unpaired) electrons. The lowest BCUT2D eigenvalue weighted by Crippen LogP contribution is -1.55. The third-order valence-corrected chi connectivity index (χ3v) is 0.642. The van der Waals surface area contributed by atoms with Gasteiger partial charge in [-0.1, -0.05) is 17.7 Å². The average molecular weight is 144 g/mol. The van der Waals surface area contributed by atoms with Gasteiger partial charge in [-0.2, -0.15) is 0 Å². The summed E-state index contributed by atoms with van der Waals surface area (Å²) in [5, 5.41) is 0. The van der Waals surface area contributed by atoms with Crippen molar-refractivity contribution in [3.63, 3.8) is 0 Å². The van der Waals surface area contributed by atoms with Crippen LogP contribution in [0.15, 0.2) is 29.4 Å². The molecule has 0 amide bonds. The Morgan fingerprint density at radius 1 is 1.22 bits per heavy atom. The second kappa shape index (κ2) is 7.11. The Morgan fingerprint density at radius 3 is 2.56 bits per heavy atom. The molecule has 0 aliphatic carbocycles. The maximum absolute atomic E-state index is 9.65. The van der Waals surface area contributed by atoms with Crippen LogP contribution >= 0.6 is 11.6 Å². The maximum Gasteiger partial charge on any atom is 0.142 e. The number of aldehydes is 1. The van der Waals surface area contributed by atoms with Crippen LogP contribution in [0.1, 0.15) is 0 Å². The first-order chi connectivity index (χ1) is 4.41. The van der Waals surface area contributed by atoms with E-state index in [9.17, 15) is 4.79 Å². The highest BCUT2D eigenvalue weighted by molar-refractivity contribution is 6.56. The van der Waals surface area contributed by atoms with Gasteiger partial charge in [0.05, 0.1) is 5.67 Å². The molecule has 0 unspecified atom stereocenters. The van der Waals surface area contributed by atoms with Crippen molar-refractivity contribution in [3.05, 3.63) is 24.4 Å². The van der Waals surface area contributed by atoms with Crippen LogP contribution in [0.25, 0.3) is 0 Å². The molecule has 3 heteroatoms. The zero-order valence-corrected chi connectivity index (χ0v) is 5.45. The molecule has 0 aromatic rings. The van der Waals surface area contributed by atoms with Crippen LogP contribution in [0.2, 0.25) is 0 Å². The highest BCUT2D eigenvalue weighted by atomic mass is 35.5. The van der Waals surface area contributed by atoms with Crippen LogP contribution in [0.3, 0.4) is 0 Å². The zero-order chi connectivity index (χ0) is 6.95. The first-order valence-corrected chi connectivity index (χ1v) is 2.74. The van der Waals surface area contributed by atoms with Crippen molar-refractivity contribution in [3.8, 4) is 0 Å². The van der Waals surface area contributed by atoms with E-state index >= 15 is 0 Å². The molecule has 0 fully saturated rings. The van der Waals surface area contributed by atoms with Crippen molar-refractivity contribution in [2.45, 2.75) is 0 Å². The second-order valence-corrected chi connectivity index (χ2v) is 1.30. The number of hydrogen-bond acceptors (Lipinski definition) is 2. The minimum Gasteiger partial charge on any atom is -0.299 e. The van der Waals surface area contributed by atoms with Crippen molar-refractivity contribution in [2.75, 3.05) is 0 Å². The molecule has 0 aromatic carbocycles. The number of carbonyl (C=O) groups excluding carboxylic acids is 1. The summed E-state index contributed by atoms with van der Waals surface area (Å²) in [7, 11) is 0. The van der Waals surface area contributed by atoms with Gasteiger partial charge >= 0.3 is 0 Å². The molecule has 0 saturated carbocycles. The third-order valence-electron chi connectivity index (χ3n) is 0.529. The van der Waals surface area contributed by atoms with Gasteiger partial charge in [0.15, 0.2) is 0 Å². The molecule has 0 bridgehead atoms. The van der Waals surface area contributed by atoms with Gasteiger partial charge in [-0.05, 0) is 12.2 Å². The number of halogens is 1. The highest BCUT2D eigenvalue weighted by Gasteiger charge is 1.60. The van der Waals surface area contributed by atoms with Crippen molar-refractivity contribution < 1.29 is 4.79 Å². The van der Waals surface area contributed by atoms with E-state index in [4.69, 9.17) is 11.6 Å². The second-order valence-electron chi connectivity index (χ2n) is 1.11. The van der Waals surface area contributed by atoms with Crippen molar-refractivity contribution in [1.82, 2.24) is 0 Å². The predicted molar refractivity (Wildman–Crippen MR) is 38.7 cm³/mol. The molecule has 9 heavy (non-hydrogen) atoms. The van der Waals surface area contributed by atoms with E-state index in [0.717, 1.165) is 5.67 Å². The monoisotopic (exact) mass is 143 g/mol. The lowest BCUT2D eigenvalue weighted by Gasteiger charge is -1.68. The van der Waals surface area contributed by atoms with Gasteiger partial charge in [0.1, 0.15) is 6.29 Å². The maximum atomic E-state index is 9.65. The van der Waals surface area contributed by atoms with Gasteiger partial charge in [-0.3, -0.25) is 9.79 Å². The van der Waals surface area contributed by atoms with Gasteiger partial charge < -0.3 is 0 Å². The summed E-state index contributed by atoms with van der Waals surface area (Å²) in [4.78, 5) is 13.2. The van der Waals surface area contributed by atoms with Crippen LogP contribution in [0.5, 0.6) is 0 Å². The average Bonchev–Trinajstić information content (AvgIpc) is 1.89. The lowest BCUT2D eigenvalue weighted by atomic mass is 10.5. The Labute approximate surface area is 58.5 Å². The van der Waals surface area contributed by atoms with Gasteiger partial charge in [0, 0.05) is 6.20 Å². The van der Waals surface area contributed by atoms with Gasteiger partial charge in [0.25, 0.3) is 0 Å². The van der Waals surface area contributed by atoms with Crippen LogP contribution in [-0.4, -0.2) is 12.0 Å². The predicted octanol–water partition coefficient (Wildman–Crippen LogP) is 1.52. The quantitative estimate of drug-likeness (QED) is 0.255. The molecule has 0 aliphatic heterocycles. The Bertz CT molecular complexity index is 149. The first kappa shape index (κ1) is 8.11. The number of carbonyl (C=O) groups is 1.